The molecule has 16 heavy (non-hydrogen) atoms. The van der Waals surface area contributed by atoms with Crippen molar-refractivity contribution >= 4 is 17.0 Å². The fraction of sp³-hybridized carbons (Fsp3) is 0.154. The molecule has 0 aliphatic carbocycles. The topological polar surface area (TPSA) is 58.6 Å². The third kappa shape index (κ3) is 2.04. The van der Waals surface area contributed by atoms with Gasteiger partial charge in [-0.25, -0.2) is 0 Å². The zero-order valence-electron chi connectivity index (χ0n) is 8.93. The summed E-state index contributed by atoms with van der Waals surface area (Å²) in [6.07, 6.45) is 1.69. The highest BCUT2D eigenvalue weighted by Gasteiger charge is 2.03. The van der Waals surface area contributed by atoms with Crippen molar-refractivity contribution in [3.05, 3.63) is 42.0 Å². The molecule has 0 fully saturated rings. The van der Waals surface area contributed by atoms with Crippen LogP contribution in [0.15, 0.2) is 41.4 Å². The van der Waals surface area contributed by atoms with Crippen LogP contribution in [0.4, 0.5) is 0 Å². The molecule has 0 aromatic heterocycles. The number of fused-ring (bicyclic) bond motifs is 1. The van der Waals surface area contributed by atoms with Crippen LogP contribution in [0.2, 0.25) is 0 Å². The van der Waals surface area contributed by atoms with Gasteiger partial charge in [0.05, 0.1) is 6.54 Å². The van der Waals surface area contributed by atoms with E-state index in [0.29, 0.717) is 13.1 Å². The molecular weight excluding hydrogens is 200 g/mol. The third-order valence-corrected chi connectivity index (χ3v) is 2.43. The smallest absolute Gasteiger partial charge is 0.124 e. The number of nitrogens with zero attached hydrogens (tertiary/aromatic N) is 1. The van der Waals surface area contributed by atoms with Gasteiger partial charge in [0, 0.05) is 18.3 Å². The first kappa shape index (κ1) is 10.6. The van der Waals surface area contributed by atoms with E-state index in [9.17, 15) is 5.11 Å². The lowest BCUT2D eigenvalue weighted by Crippen LogP contribution is -2.02. The van der Waals surface area contributed by atoms with Crippen LogP contribution >= 0.6 is 0 Å². The Balaban J connectivity index is 2.52. The lowest BCUT2D eigenvalue weighted by Gasteiger charge is -2.04. The fourth-order valence-corrected chi connectivity index (χ4v) is 1.65. The van der Waals surface area contributed by atoms with Crippen molar-refractivity contribution in [1.82, 2.24) is 0 Å². The van der Waals surface area contributed by atoms with Crippen LogP contribution in [-0.4, -0.2) is 24.4 Å². The first-order valence-corrected chi connectivity index (χ1v) is 5.23. The Morgan fingerprint density at radius 2 is 2.00 bits per heavy atom. The molecule has 0 aliphatic rings. The van der Waals surface area contributed by atoms with Gasteiger partial charge in [0.25, 0.3) is 0 Å². The predicted octanol–water partition coefficient (Wildman–Crippen LogP) is 1.92. The Bertz CT molecular complexity index is 520. The van der Waals surface area contributed by atoms with E-state index in [2.05, 4.69) is 4.99 Å². The summed E-state index contributed by atoms with van der Waals surface area (Å²) in [7, 11) is 0. The van der Waals surface area contributed by atoms with E-state index in [1.807, 2.05) is 30.3 Å². The van der Waals surface area contributed by atoms with Crippen LogP contribution < -0.4 is 5.73 Å². The average Bonchev–Trinajstić information content (AvgIpc) is 2.32. The van der Waals surface area contributed by atoms with Crippen molar-refractivity contribution in [2.45, 2.75) is 0 Å². The van der Waals surface area contributed by atoms with E-state index in [1.54, 1.807) is 12.3 Å². The summed E-state index contributed by atoms with van der Waals surface area (Å²) in [6, 6.07) is 11.5. The molecule has 0 saturated carbocycles. The highest BCUT2D eigenvalue weighted by Crippen LogP contribution is 2.25. The molecule has 3 nitrogen and oxygen atoms in total. The van der Waals surface area contributed by atoms with Gasteiger partial charge in [-0.2, -0.15) is 0 Å². The minimum Gasteiger partial charge on any atom is -0.507 e. The van der Waals surface area contributed by atoms with Gasteiger partial charge in [0.1, 0.15) is 5.75 Å². The maximum Gasteiger partial charge on any atom is 0.124 e. The number of rotatable bonds is 3. The molecule has 0 heterocycles. The van der Waals surface area contributed by atoms with Crippen molar-refractivity contribution < 1.29 is 5.11 Å². The summed E-state index contributed by atoms with van der Waals surface area (Å²) < 4.78 is 0. The number of benzene rings is 2. The summed E-state index contributed by atoms with van der Waals surface area (Å²) in [4.78, 5) is 4.16. The molecular formula is C13H14N2O. The van der Waals surface area contributed by atoms with Gasteiger partial charge in [-0.15, -0.1) is 0 Å². The van der Waals surface area contributed by atoms with Gasteiger partial charge < -0.3 is 10.8 Å². The molecule has 3 N–H and O–H groups in total. The minimum absolute atomic E-state index is 0.250. The average molecular weight is 214 g/mol. The molecule has 82 valence electrons. The molecule has 0 spiro atoms. The van der Waals surface area contributed by atoms with E-state index < -0.39 is 0 Å². The lowest BCUT2D eigenvalue weighted by molar-refractivity contribution is 0.475. The Kier molecular flexibility index (Phi) is 3.17. The lowest BCUT2D eigenvalue weighted by atomic mass is 10.0. The monoisotopic (exact) mass is 214 g/mol. The molecule has 0 aliphatic heterocycles. The maximum atomic E-state index is 9.79. The first-order valence-electron chi connectivity index (χ1n) is 5.23. The molecule has 0 bridgehead atoms. The van der Waals surface area contributed by atoms with Gasteiger partial charge in [0.15, 0.2) is 0 Å². The van der Waals surface area contributed by atoms with Crippen LogP contribution in [0.5, 0.6) is 5.75 Å². The zero-order chi connectivity index (χ0) is 11.4. The highest BCUT2D eigenvalue weighted by atomic mass is 16.3. The molecule has 0 atom stereocenters. The normalized spacial score (nSPS) is 11.3. The van der Waals surface area contributed by atoms with Gasteiger partial charge in [-0.3, -0.25) is 4.99 Å². The molecule has 2 rings (SSSR count). The second-order valence-electron chi connectivity index (χ2n) is 3.54. The number of aliphatic imine (C=N–C) groups is 1. The quantitative estimate of drug-likeness (QED) is 0.767. The Labute approximate surface area is 94.2 Å². The van der Waals surface area contributed by atoms with Crippen LogP contribution in [0, 0.1) is 0 Å². The second-order valence-corrected chi connectivity index (χ2v) is 3.54. The van der Waals surface area contributed by atoms with Crippen molar-refractivity contribution in [3.8, 4) is 5.75 Å². The summed E-state index contributed by atoms with van der Waals surface area (Å²) >= 11 is 0. The highest BCUT2D eigenvalue weighted by molar-refractivity contribution is 6.02. The van der Waals surface area contributed by atoms with Crippen LogP contribution in [0.25, 0.3) is 10.8 Å². The van der Waals surface area contributed by atoms with Gasteiger partial charge in [0.2, 0.25) is 0 Å². The zero-order valence-corrected chi connectivity index (χ0v) is 8.93. The standard InChI is InChI=1S/C13H14N2O/c14-7-8-15-9-12-11-4-2-1-3-10(11)5-6-13(12)16/h1-6,9,16H,7-8,14H2. The number of aromatic hydroxyl groups is 1. The predicted molar refractivity (Wildman–Crippen MR) is 67.1 cm³/mol. The number of phenolic OH excluding ortho intramolecular Hbond substituents is 1. The molecule has 0 unspecified atom stereocenters. The van der Waals surface area contributed by atoms with Crippen molar-refractivity contribution in [3.63, 3.8) is 0 Å². The first-order chi connectivity index (χ1) is 7.83. The van der Waals surface area contributed by atoms with Gasteiger partial charge in [-0.1, -0.05) is 30.3 Å². The van der Waals surface area contributed by atoms with E-state index >= 15 is 0 Å². The van der Waals surface area contributed by atoms with Crippen LogP contribution in [-0.2, 0) is 0 Å². The van der Waals surface area contributed by atoms with Crippen LogP contribution in [0.3, 0.4) is 0 Å². The summed E-state index contributed by atoms with van der Waals surface area (Å²) in [5, 5.41) is 11.9. The summed E-state index contributed by atoms with van der Waals surface area (Å²) in [5.74, 6) is 0.250. The molecule has 0 amide bonds. The van der Waals surface area contributed by atoms with Crippen molar-refractivity contribution in [2.75, 3.05) is 13.1 Å². The van der Waals surface area contributed by atoms with E-state index in [1.165, 1.54) is 0 Å². The summed E-state index contributed by atoms with van der Waals surface area (Å²) in [5.41, 5.74) is 6.12. The third-order valence-electron chi connectivity index (χ3n) is 2.43. The molecule has 2 aromatic carbocycles. The SMILES string of the molecule is NCCN=Cc1c(O)ccc2ccccc12. The minimum atomic E-state index is 0.250. The Hall–Kier alpha value is -1.87. The number of hydrogen-bond donors (Lipinski definition) is 2. The maximum absolute atomic E-state index is 9.79. The fourth-order valence-electron chi connectivity index (χ4n) is 1.65. The molecule has 0 radical (unpaired) electrons. The largest absolute Gasteiger partial charge is 0.507 e. The number of nitrogens with two attached hydrogens (primary N) is 1. The molecule has 3 heteroatoms. The van der Waals surface area contributed by atoms with Crippen molar-refractivity contribution in [2.24, 2.45) is 10.7 Å². The van der Waals surface area contributed by atoms with Crippen LogP contribution in [0.1, 0.15) is 5.56 Å². The van der Waals surface area contributed by atoms with E-state index in [4.69, 9.17) is 5.73 Å². The number of hydrogen-bond acceptors (Lipinski definition) is 3. The Morgan fingerprint density at radius 3 is 2.81 bits per heavy atom. The second kappa shape index (κ2) is 4.77. The van der Waals surface area contributed by atoms with Gasteiger partial charge >= 0.3 is 0 Å². The van der Waals surface area contributed by atoms with Crippen molar-refractivity contribution in [1.29, 1.82) is 0 Å². The van der Waals surface area contributed by atoms with Gasteiger partial charge in [-0.05, 0) is 16.8 Å². The molecule has 0 saturated heterocycles. The molecule has 2 aromatic rings. The van der Waals surface area contributed by atoms with E-state index in [0.717, 1.165) is 16.3 Å². The van der Waals surface area contributed by atoms with E-state index in [-0.39, 0.29) is 5.75 Å². The Morgan fingerprint density at radius 1 is 1.19 bits per heavy atom. The number of phenols is 1. The summed E-state index contributed by atoms with van der Waals surface area (Å²) in [6.45, 7) is 1.09.